The zero-order chi connectivity index (χ0) is 13.4. The molecule has 1 aliphatic heterocycles. The molecule has 17 heavy (non-hydrogen) atoms. The largest absolute Gasteiger partial charge is 0.458 e. The van der Waals surface area contributed by atoms with Crippen LogP contribution >= 0.6 is 0 Å². The van der Waals surface area contributed by atoms with E-state index in [1.165, 1.54) is 4.90 Å². The summed E-state index contributed by atoms with van der Waals surface area (Å²) in [6.45, 7) is 11.1. The third-order valence-corrected chi connectivity index (χ3v) is 1.92. The number of carbonyl (C=O) groups excluding carboxylic acids is 2. The molecule has 0 bridgehead atoms. The average Bonchev–Trinajstić information content (AvgIpc) is 2.74. The van der Waals surface area contributed by atoms with Crippen LogP contribution < -0.4 is 0 Å². The summed E-state index contributed by atoms with van der Waals surface area (Å²) in [4.78, 5) is 24.6. The third-order valence-electron chi connectivity index (χ3n) is 1.92. The molecule has 5 nitrogen and oxygen atoms in total. The van der Waals surface area contributed by atoms with Crippen molar-refractivity contribution in [3.05, 3.63) is 0 Å². The Morgan fingerprint density at radius 1 is 1.00 bits per heavy atom. The quantitative estimate of drug-likeness (QED) is 0.521. The van der Waals surface area contributed by atoms with E-state index in [0.717, 1.165) is 0 Å². The molecular formula is C12H21NO4. The number of amides is 1. The number of carbonyl (C=O) groups is 2. The van der Waals surface area contributed by atoms with Gasteiger partial charge in [-0.2, -0.15) is 0 Å². The van der Waals surface area contributed by atoms with E-state index in [-0.39, 0.29) is 5.97 Å². The maximum absolute atomic E-state index is 11.6. The third kappa shape index (κ3) is 4.63. The van der Waals surface area contributed by atoms with E-state index in [1.807, 2.05) is 0 Å². The summed E-state index contributed by atoms with van der Waals surface area (Å²) in [6.07, 6.45) is -0.464. The number of rotatable bonds is 1. The van der Waals surface area contributed by atoms with E-state index in [0.29, 0.717) is 6.54 Å². The number of ether oxygens (including phenoxy) is 2. The van der Waals surface area contributed by atoms with Gasteiger partial charge < -0.3 is 9.47 Å². The first kappa shape index (κ1) is 13.8. The second-order valence-corrected chi connectivity index (χ2v) is 6.18. The van der Waals surface area contributed by atoms with Crippen LogP contribution in [0.25, 0.3) is 0 Å². The smallest absolute Gasteiger partial charge is 0.411 e. The number of esters is 1. The number of nitrogens with zero attached hydrogens (tertiary/aromatic N) is 1. The van der Waals surface area contributed by atoms with Crippen LogP contribution in [0.15, 0.2) is 0 Å². The lowest BCUT2D eigenvalue weighted by atomic mass is 10.2. The highest BCUT2D eigenvalue weighted by atomic mass is 16.6. The fraction of sp³-hybridized carbons (Fsp3) is 0.833. The maximum atomic E-state index is 11.6. The molecule has 0 spiro atoms. The molecule has 1 rings (SSSR count). The van der Waals surface area contributed by atoms with Gasteiger partial charge >= 0.3 is 12.1 Å². The van der Waals surface area contributed by atoms with Gasteiger partial charge in [-0.1, -0.05) is 0 Å². The van der Waals surface area contributed by atoms with Gasteiger partial charge in [0.25, 0.3) is 0 Å². The molecule has 1 fully saturated rings. The lowest BCUT2D eigenvalue weighted by Gasteiger charge is -2.21. The molecule has 1 amide bonds. The van der Waals surface area contributed by atoms with Gasteiger partial charge in [0.2, 0.25) is 0 Å². The molecule has 1 aliphatic rings. The van der Waals surface area contributed by atoms with Crippen molar-refractivity contribution in [1.82, 2.24) is 4.90 Å². The van der Waals surface area contributed by atoms with Crippen LogP contribution in [0.3, 0.4) is 0 Å². The van der Waals surface area contributed by atoms with Gasteiger partial charge in [0, 0.05) is 0 Å². The molecule has 0 aromatic heterocycles. The van der Waals surface area contributed by atoms with E-state index < -0.39 is 23.3 Å². The first-order chi connectivity index (χ1) is 7.49. The van der Waals surface area contributed by atoms with Crippen molar-refractivity contribution in [2.24, 2.45) is 0 Å². The van der Waals surface area contributed by atoms with Gasteiger partial charge in [-0.05, 0) is 41.5 Å². The Hall–Kier alpha value is -1.26. The molecule has 0 aliphatic carbocycles. The van der Waals surface area contributed by atoms with Crippen LogP contribution in [0.4, 0.5) is 4.79 Å². The number of hydrogen-bond donors (Lipinski definition) is 0. The van der Waals surface area contributed by atoms with Crippen molar-refractivity contribution in [2.75, 3.05) is 6.54 Å². The normalized spacial score (nSPS) is 19.9. The lowest BCUT2D eigenvalue weighted by Crippen LogP contribution is -2.32. The minimum absolute atomic E-state index is 0.372. The van der Waals surface area contributed by atoms with E-state index >= 15 is 0 Å². The zero-order valence-corrected chi connectivity index (χ0v) is 11.4. The number of hydrogen-bond acceptors (Lipinski definition) is 4. The summed E-state index contributed by atoms with van der Waals surface area (Å²) < 4.78 is 10.3. The topological polar surface area (TPSA) is 55.6 Å². The van der Waals surface area contributed by atoms with Crippen LogP contribution in [-0.4, -0.2) is 40.8 Å². The molecule has 1 atom stereocenters. The fourth-order valence-corrected chi connectivity index (χ4v) is 1.23. The zero-order valence-electron chi connectivity index (χ0n) is 11.4. The summed E-state index contributed by atoms with van der Waals surface area (Å²) in [6, 6.07) is -0.482. The van der Waals surface area contributed by atoms with Crippen LogP contribution in [0.2, 0.25) is 0 Å². The van der Waals surface area contributed by atoms with E-state index in [2.05, 4.69) is 0 Å². The first-order valence-electron chi connectivity index (χ1n) is 5.72. The van der Waals surface area contributed by atoms with Crippen molar-refractivity contribution in [2.45, 2.75) is 58.8 Å². The highest BCUT2D eigenvalue weighted by Crippen LogP contribution is 2.24. The molecule has 0 saturated carbocycles. The Labute approximate surface area is 102 Å². The lowest BCUT2D eigenvalue weighted by molar-refractivity contribution is -0.155. The molecule has 1 heterocycles. The standard InChI is InChI=1S/C12H21NO4/c1-11(2,3)16-9(14)8-7-13(8)10(15)17-12(4,5)6/h8H,7H2,1-6H3/t8-,13?/m0/s1. The van der Waals surface area contributed by atoms with Gasteiger partial charge in [-0.3, -0.25) is 4.90 Å². The van der Waals surface area contributed by atoms with Gasteiger partial charge in [0.1, 0.15) is 11.2 Å². The van der Waals surface area contributed by atoms with Crippen molar-refractivity contribution in [3.63, 3.8) is 0 Å². The Bertz CT molecular complexity index is 292. The highest BCUT2D eigenvalue weighted by Gasteiger charge is 2.48. The summed E-state index contributed by atoms with van der Waals surface area (Å²) >= 11 is 0. The monoisotopic (exact) mass is 243 g/mol. The summed E-state index contributed by atoms with van der Waals surface area (Å²) in [5, 5.41) is 0. The Kier molecular flexibility index (Phi) is 3.41. The SMILES string of the molecule is CC(C)(C)OC(=O)[C@@H]1CN1C(=O)OC(C)(C)C. The molecule has 0 N–H and O–H groups in total. The molecule has 0 aromatic carbocycles. The maximum Gasteiger partial charge on any atom is 0.411 e. The van der Waals surface area contributed by atoms with Crippen LogP contribution in [-0.2, 0) is 14.3 Å². The van der Waals surface area contributed by atoms with Crippen molar-refractivity contribution in [1.29, 1.82) is 0 Å². The molecule has 0 unspecified atom stereocenters. The van der Waals surface area contributed by atoms with Crippen LogP contribution in [0.1, 0.15) is 41.5 Å². The molecule has 5 heteroatoms. The fourth-order valence-electron chi connectivity index (χ4n) is 1.23. The Balaban J connectivity index is 2.44. The average molecular weight is 243 g/mol. The van der Waals surface area contributed by atoms with Gasteiger partial charge in [0.05, 0.1) is 6.54 Å². The van der Waals surface area contributed by atoms with Gasteiger partial charge in [-0.15, -0.1) is 0 Å². The first-order valence-corrected chi connectivity index (χ1v) is 5.72. The summed E-state index contributed by atoms with van der Waals surface area (Å²) in [5.74, 6) is -0.372. The second-order valence-electron chi connectivity index (χ2n) is 6.18. The van der Waals surface area contributed by atoms with Gasteiger partial charge in [0.15, 0.2) is 6.04 Å². The second kappa shape index (κ2) is 4.20. The molecular weight excluding hydrogens is 222 g/mol. The van der Waals surface area contributed by atoms with Crippen molar-refractivity contribution in [3.8, 4) is 0 Å². The minimum atomic E-state index is -0.543. The highest BCUT2D eigenvalue weighted by molar-refractivity contribution is 5.87. The Morgan fingerprint density at radius 3 is 1.88 bits per heavy atom. The minimum Gasteiger partial charge on any atom is -0.458 e. The molecule has 0 aromatic rings. The molecule has 1 saturated heterocycles. The van der Waals surface area contributed by atoms with Crippen LogP contribution in [0, 0.1) is 0 Å². The summed E-state index contributed by atoms with van der Waals surface area (Å²) in [5.41, 5.74) is -1.07. The molecule has 0 radical (unpaired) electrons. The Morgan fingerprint density at radius 2 is 1.47 bits per heavy atom. The predicted molar refractivity (Wildman–Crippen MR) is 62.6 cm³/mol. The summed E-state index contributed by atoms with van der Waals surface area (Å²) in [7, 11) is 0. The molecule has 98 valence electrons. The van der Waals surface area contributed by atoms with Crippen molar-refractivity contribution < 1.29 is 19.1 Å². The van der Waals surface area contributed by atoms with E-state index in [9.17, 15) is 9.59 Å². The predicted octanol–water partition coefficient (Wildman–Crippen LogP) is 1.95. The van der Waals surface area contributed by atoms with E-state index in [4.69, 9.17) is 9.47 Å². The van der Waals surface area contributed by atoms with Gasteiger partial charge in [-0.25, -0.2) is 9.59 Å². The van der Waals surface area contributed by atoms with Crippen molar-refractivity contribution >= 4 is 12.1 Å². The van der Waals surface area contributed by atoms with E-state index in [1.54, 1.807) is 41.5 Å². The van der Waals surface area contributed by atoms with Crippen LogP contribution in [0.5, 0.6) is 0 Å².